The first kappa shape index (κ1) is 34.8. The fourth-order valence-corrected chi connectivity index (χ4v) is 6.13. The van der Waals surface area contributed by atoms with Gasteiger partial charge in [-0.1, -0.05) is 51.3 Å². The molecule has 3 rings (SSSR count). The molecule has 0 radical (unpaired) electrons. The van der Waals surface area contributed by atoms with E-state index >= 15 is 0 Å². The van der Waals surface area contributed by atoms with Crippen LogP contribution >= 0.6 is 12.4 Å². The number of carbonyl (C=O) groups is 3. The number of anilines is 1. The molecule has 1 saturated carbocycles. The number of halogens is 1. The number of para-hydroxylation sites is 1. The number of carbonyl (C=O) groups excluding carboxylic acids is 3. The first-order valence-corrected chi connectivity index (χ1v) is 14.4. The molecule has 1 aliphatic heterocycles. The number of nitrogens with two attached hydrogens (primary N) is 1. The van der Waals surface area contributed by atoms with Crippen molar-refractivity contribution >= 4 is 36.0 Å². The van der Waals surface area contributed by atoms with E-state index < -0.39 is 29.3 Å². The molecule has 11 heteroatoms. The minimum atomic E-state index is -0.977. The second-order valence-corrected chi connectivity index (χ2v) is 12.3. The number of benzene rings is 1. The zero-order valence-electron chi connectivity index (χ0n) is 25.1. The molecule has 1 heterocycles. The number of nitrogens with zero attached hydrogens (tertiary/aromatic N) is 1. The third-order valence-corrected chi connectivity index (χ3v) is 8.60. The summed E-state index contributed by atoms with van der Waals surface area (Å²) >= 11 is 0. The van der Waals surface area contributed by atoms with E-state index in [-0.39, 0.29) is 49.1 Å². The zero-order chi connectivity index (χ0) is 29.5. The first-order valence-electron chi connectivity index (χ1n) is 14.4. The van der Waals surface area contributed by atoms with E-state index in [1.807, 2.05) is 45.0 Å². The van der Waals surface area contributed by atoms with Gasteiger partial charge in [0.1, 0.15) is 5.60 Å². The van der Waals surface area contributed by atoms with Crippen molar-refractivity contribution in [2.75, 3.05) is 32.2 Å². The Hall–Kier alpha value is -2.40. The highest BCUT2D eigenvalue weighted by atomic mass is 35.5. The van der Waals surface area contributed by atoms with Crippen molar-refractivity contribution in [3.8, 4) is 0 Å². The van der Waals surface area contributed by atoms with Crippen LogP contribution in [0, 0.1) is 11.3 Å². The Morgan fingerprint density at radius 1 is 1.12 bits per heavy atom. The van der Waals surface area contributed by atoms with Crippen LogP contribution in [0.15, 0.2) is 24.3 Å². The smallest absolute Gasteiger partial charge is 0.407 e. The third kappa shape index (κ3) is 9.04. The summed E-state index contributed by atoms with van der Waals surface area (Å²) in [6.45, 7) is 6.06. The molecule has 10 nitrogen and oxygen atoms in total. The van der Waals surface area contributed by atoms with E-state index in [1.165, 1.54) is 13.5 Å². The van der Waals surface area contributed by atoms with Gasteiger partial charge in [-0.25, -0.2) is 4.79 Å². The van der Waals surface area contributed by atoms with Gasteiger partial charge in [0, 0.05) is 38.3 Å². The van der Waals surface area contributed by atoms with Gasteiger partial charge in [0.05, 0.1) is 19.3 Å². The number of methoxy groups -OCH3 is 2. The predicted molar refractivity (Wildman–Crippen MR) is 161 cm³/mol. The van der Waals surface area contributed by atoms with Crippen LogP contribution < -0.4 is 21.3 Å². The molecule has 232 valence electrons. The lowest BCUT2D eigenvalue weighted by atomic mass is 9.77. The van der Waals surface area contributed by atoms with Crippen LogP contribution in [0.25, 0.3) is 0 Å². The molecule has 0 bridgehead atoms. The van der Waals surface area contributed by atoms with Gasteiger partial charge >= 0.3 is 6.09 Å². The molecular formula is C30H49ClN4O6. The Kier molecular flexibility index (Phi) is 12.9. The van der Waals surface area contributed by atoms with Crippen LogP contribution in [0.5, 0.6) is 0 Å². The summed E-state index contributed by atoms with van der Waals surface area (Å²) in [5.74, 6) is -0.182. The summed E-state index contributed by atoms with van der Waals surface area (Å²) in [7, 11) is 2.87. The second kappa shape index (κ2) is 15.2. The van der Waals surface area contributed by atoms with Crippen LogP contribution in [0.3, 0.4) is 0 Å². The molecule has 1 aromatic rings. The Morgan fingerprint density at radius 2 is 1.78 bits per heavy atom. The SMILES string of the molecule is COC(=O)NC1Cc2ccccc2N(C(=O)CC(C)(C)C[C@H](N)[C@@H](O)CNC(=O)[C@](C)(OC)C2CCCCC2)C1.Cl. The van der Waals surface area contributed by atoms with Gasteiger partial charge in [0.25, 0.3) is 5.91 Å². The number of aliphatic hydroxyl groups is 1. The van der Waals surface area contributed by atoms with Crippen molar-refractivity contribution in [1.82, 2.24) is 10.6 Å². The topological polar surface area (TPSA) is 143 Å². The molecule has 1 aromatic carbocycles. The van der Waals surface area contributed by atoms with E-state index in [0.717, 1.165) is 36.9 Å². The van der Waals surface area contributed by atoms with Crippen LogP contribution in [-0.4, -0.2) is 74.1 Å². The molecule has 5 N–H and O–H groups in total. The number of hydrogen-bond donors (Lipinski definition) is 4. The molecule has 41 heavy (non-hydrogen) atoms. The lowest BCUT2D eigenvalue weighted by Gasteiger charge is -2.38. The van der Waals surface area contributed by atoms with Crippen molar-refractivity contribution in [1.29, 1.82) is 0 Å². The van der Waals surface area contributed by atoms with Crippen molar-refractivity contribution in [3.05, 3.63) is 29.8 Å². The van der Waals surface area contributed by atoms with E-state index in [1.54, 1.807) is 12.0 Å². The number of fused-ring (bicyclic) bond motifs is 1. The van der Waals surface area contributed by atoms with Gasteiger partial charge < -0.3 is 35.8 Å². The summed E-state index contributed by atoms with van der Waals surface area (Å²) < 4.78 is 10.4. The highest BCUT2D eigenvalue weighted by molar-refractivity contribution is 5.95. The molecule has 1 unspecified atom stereocenters. The van der Waals surface area contributed by atoms with Crippen LogP contribution in [0.1, 0.15) is 71.3 Å². The summed E-state index contributed by atoms with van der Waals surface area (Å²) in [5.41, 5.74) is 6.71. The van der Waals surface area contributed by atoms with Gasteiger partial charge in [-0.05, 0) is 55.6 Å². The number of amides is 3. The maximum atomic E-state index is 13.5. The number of ether oxygens (including phenoxy) is 2. The number of nitrogens with one attached hydrogen (secondary N) is 2. The van der Waals surface area contributed by atoms with Crippen molar-refractivity contribution in [2.45, 2.75) is 95.9 Å². The van der Waals surface area contributed by atoms with Crippen molar-refractivity contribution < 1.29 is 29.0 Å². The van der Waals surface area contributed by atoms with Gasteiger partial charge in [-0.3, -0.25) is 9.59 Å². The molecule has 4 atom stereocenters. The highest BCUT2D eigenvalue weighted by Crippen LogP contribution is 2.35. The van der Waals surface area contributed by atoms with E-state index in [4.69, 9.17) is 15.2 Å². The largest absolute Gasteiger partial charge is 0.453 e. The maximum Gasteiger partial charge on any atom is 0.407 e. The van der Waals surface area contributed by atoms with Crippen molar-refractivity contribution in [2.24, 2.45) is 17.1 Å². The van der Waals surface area contributed by atoms with Gasteiger partial charge in [0.2, 0.25) is 5.91 Å². The van der Waals surface area contributed by atoms with E-state index in [0.29, 0.717) is 19.4 Å². The molecule has 0 saturated heterocycles. The van der Waals surface area contributed by atoms with Crippen LogP contribution in [-0.2, 0) is 25.5 Å². The number of aliphatic hydroxyl groups excluding tert-OH is 1. The standard InChI is InChI=1S/C30H48N4O6.ClH/c1-29(2,16-23(31)25(35)18-32-27(37)30(3,40-5)21-12-7-6-8-13-21)17-26(36)34-19-22(33-28(38)39-4)15-20-11-9-10-14-24(20)34;/h9-11,14,21-23,25,35H,6-8,12-13,15-19,31H2,1-5H3,(H,32,37)(H,33,38);1H/t22?,23-,25-,30+;/m0./s1. The second-order valence-electron chi connectivity index (χ2n) is 12.3. The molecule has 1 fully saturated rings. The van der Waals surface area contributed by atoms with Crippen molar-refractivity contribution in [3.63, 3.8) is 0 Å². The molecule has 0 aromatic heterocycles. The van der Waals surface area contributed by atoms with Gasteiger partial charge in [-0.2, -0.15) is 0 Å². The van der Waals surface area contributed by atoms with Crippen LogP contribution in [0.4, 0.5) is 10.5 Å². The maximum absolute atomic E-state index is 13.5. The quantitative estimate of drug-likeness (QED) is 0.307. The normalized spacial score (nSPS) is 20.5. The van der Waals surface area contributed by atoms with Gasteiger partial charge in [0.15, 0.2) is 0 Å². The summed E-state index contributed by atoms with van der Waals surface area (Å²) in [5, 5.41) is 16.5. The number of rotatable bonds is 11. The lowest BCUT2D eigenvalue weighted by Crippen LogP contribution is -2.55. The molecule has 3 amide bonds. The van der Waals surface area contributed by atoms with E-state index in [9.17, 15) is 19.5 Å². The summed E-state index contributed by atoms with van der Waals surface area (Å²) in [6.07, 6.45) is 4.91. The molecular weight excluding hydrogens is 548 g/mol. The average Bonchev–Trinajstić information content (AvgIpc) is 2.94. The number of alkyl carbamates (subject to hydrolysis) is 1. The zero-order valence-corrected chi connectivity index (χ0v) is 25.9. The molecule has 1 aliphatic carbocycles. The first-order chi connectivity index (χ1) is 18.9. The summed E-state index contributed by atoms with van der Waals surface area (Å²) in [4.78, 5) is 40.1. The Bertz CT molecular complexity index is 1030. The van der Waals surface area contributed by atoms with Gasteiger partial charge in [-0.15, -0.1) is 12.4 Å². The monoisotopic (exact) mass is 596 g/mol. The fraction of sp³-hybridized carbons (Fsp3) is 0.700. The minimum absolute atomic E-state index is 0. The molecule has 0 spiro atoms. The van der Waals surface area contributed by atoms with Crippen LogP contribution in [0.2, 0.25) is 0 Å². The summed E-state index contributed by atoms with van der Waals surface area (Å²) in [6, 6.07) is 6.75. The Morgan fingerprint density at radius 3 is 2.41 bits per heavy atom. The number of hydrogen-bond acceptors (Lipinski definition) is 7. The average molecular weight is 597 g/mol. The predicted octanol–water partition coefficient (Wildman–Crippen LogP) is 3.32. The Balaban J connectivity index is 0.00000588. The van der Waals surface area contributed by atoms with E-state index in [2.05, 4.69) is 10.6 Å². The highest BCUT2D eigenvalue weighted by Gasteiger charge is 2.42. The fourth-order valence-electron chi connectivity index (χ4n) is 6.13. The Labute approximate surface area is 250 Å². The lowest BCUT2D eigenvalue weighted by molar-refractivity contribution is -0.150. The third-order valence-electron chi connectivity index (χ3n) is 8.60. The minimum Gasteiger partial charge on any atom is -0.453 e. The molecule has 2 aliphatic rings.